The molecule has 2 heterocycles. The van der Waals surface area contributed by atoms with Gasteiger partial charge >= 0.3 is 6.18 Å². The number of carbonyl (C=O) groups excluding carboxylic acids is 1. The summed E-state index contributed by atoms with van der Waals surface area (Å²) in [5.74, 6) is 0.660. The van der Waals surface area contributed by atoms with Crippen LogP contribution < -0.4 is 10.2 Å². The van der Waals surface area contributed by atoms with Crippen LogP contribution in [0.2, 0.25) is 0 Å². The van der Waals surface area contributed by atoms with Crippen molar-refractivity contribution in [2.75, 3.05) is 18.0 Å². The zero-order valence-electron chi connectivity index (χ0n) is 14.8. The Bertz CT molecular complexity index is 554. The minimum Gasteiger partial charge on any atom is -0.354 e. The van der Waals surface area contributed by atoms with E-state index >= 15 is 0 Å². The van der Waals surface area contributed by atoms with Gasteiger partial charge in [0, 0.05) is 31.2 Å². The Labute approximate surface area is 146 Å². The van der Waals surface area contributed by atoms with Gasteiger partial charge in [-0.15, -0.1) is 0 Å². The van der Waals surface area contributed by atoms with Gasteiger partial charge in [0.2, 0.25) is 5.91 Å². The topological polar surface area (TPSA) is 45.2 Å². The first-order chi connectivity index (χ1) is 11.8. The smallest absolute Gasteiger partial charge is 0.354 e. The van der Waals surface area contributed by atoms with Gasteiger partial charge in [-0.3, -0.25) is 4.79 Å². The maximum Gasteiger partial charge on any atom is 0.417 e. The van der Waals surface area contributed by atoms with E-state index in [1.54, 1.807) is 0 Å². The van der Waals surface area contributed by atoms with Crippen LogP contribution in [0.5, 0.6) is 0 Å². The third-order valence-corrected chi connectivity index (χ3v) is 4.58. The Morgan fingerprint density at radius 3 is 2.52 bits per heavy atom. The lowest BCUT2D eigenvalue weighted by molar-refractivity contribution is -0.137. The summed E-state index contributed by atoms with van der Waals surface area (Å²) in [7, 11) is 0. The van der Waals surface area contributed by atoms with Gasteiger partial charge in [-0.25, -0.2) is 4.98 Å². The summed E-state index contributed by atoms with van der Waals surface area (Å²) < 4.78 is 37.8. The highest BCUT2D eigenvalue weighted by Crippen LogP contribution is 2.30. The van der Waals surface area contributed by atoms with Gasteiger partial charge in [0.15, 0.2) is 0 Å². The van der Waals surface area contributed by atoms with Gasteiger partial charge < -0.3 is 10.2 Å². The molecule has 140 valence electrons. The van der Waals surface area contributed by atoms with E-state index in [4.69, 9.17) is 0 Å². The number of pyridine rings is 1. The summed E-state index contributed by atoms with van der Waals surface area (Å²) in [5, 5.41) is 3.10. The van der Waals surface area contributed by atoms with E-state index in [2.05, 4.69) is 24.1 Å². The van der Waals surface area contributed by atoms with Crippen molar-refractivity contribution in [1.82, 2.24) is 10.3 Å². The fraction of sp³-hybridized carbons (Fsp3) is 0.667. The molecule has 1 aromatic rings. The van der Waals surface area contributed by atoms with Crippen LogP contribution >= 0.6 is 0 Å². The van der Waals surface area contributed by atoms with E-state index in [-0.39, 0.29) is 17.9 Å². The van der Waals surface area contributed by atoms with E-state index in [0.29, 0.717) is 18.9 Å². The van der Waals surface area contributed by atoms with E-state index in [0.717, 1.165) is 44.4 Å². The number of hydrogen-bond donors (Lipinski definition) is 1. The summed E-state index contributed by atoms with van der Waals surface area (Å²) >= 11 is 0. The monoisotopic (exact) mass is 357 g/mol. The van der Waals surface area contributed by atoms with Crippen LogP contribution in [0.1, 0.15) is 51.5 Å². The third kappa shape index (κ3) is 5.34. The molecule has 1 atom stereocenters. The summed E-state index contributed by atoms with van der Waals surface area (Å²) in [5.41, 5.74) is -0.748. The molecule has 1 aliphatic rings. The van der Waals surface area contributed by atoms with Crippen LogP contribution in [0, 0.1) is 5.92 Å². The second-order valence-electron chi connectivity index (χ2n) is 6.62. The molecule has 1 N–H and O–H groups in total. The van der Waals surface area contributed by atoms with Gasteiger partial charge in [-0.05, 0) is 31.4 Å². The molecule has 0 saturated carbocycles. The second kappa shape index (κ2) is 8.54. The lowest BCUT2D eigenvalue weighted by Gasteiger charge is -2.21. The van der Waals surface area contributed by atoms with Crippen molar-refractivity contribution in [2.45, 2.75) is 58.2 Å². The average Bonchev–Trinajstić information content (AvgIpc) is 3.02. The van der Waals surface area contributed by atoms with Gasteiger partial charge in [0.1, 0.15) is 5.82 Å². The molecule has 0 bridgehead atoms. The van der Waals surface area contributed by atoms with Gasteiger partial charge in [0.05, 0.1) is 5.56 Å². The molecule has 1 aromatic heterocycles. The normalized spacial score (nSPS) is 18.0. The first-order valence-electron chi connectivity index (χ1n) is 8.93. The SMILES string of the molecule is CCCC(CCC)C(=O)NC1CCN(c2ccc(C(F)(F)F)cn2)C1. The molecule has 1 aliphatic heterocycles. The minimum atomic E-state index is -4.37. The fourth-order valence-electron chi connectivity index (χ4n) is 3.25. The lowest BCUT2D eigenvalue weighted by atomic mass is 9.97. The van der Waals surface area contributed by atoms with E-state index in [1.807, 2.05) is 4.90 Å². The van der Waals surface area contributed by atoms with Crippen molar-refractivity contribution in [3.8, 4) is 0 Å². The van der Waals surface area contributed by atoms with Gasteiger partial charge in [0.25, 0.3) is 0 Å². The fourth-order valence-corrected chi connectivity index (χ4v) is 3.25. The van der Waals surface area contributed by atoms with Gasteiger partial charge in [-0.2, -0.15) is 13.2 Å². The first kappa shape index (κ1) is 19.5. The Hall–Kier alpha value is -1.79. The largest absolute Gasteiger partial charge is 0.417 e. The molecule has 0 spiro atoms. The van der Waals surface area contributed by atoms with E-state index < -0.39 is 11.7 Å². The number of nitrogens with zero attached hydrogens (tertiary/aromatic N) is 2. The number of halogens is 3. The molecule has 1 unspecified atom stereocenters. The minimum absolute atomic E-state index is 0.0211. The number of aromatic nitrogens is 1. The molecule has 1 saturated heterocycles. The van der Waals surface area contributed by atoms with Crippen molar-refractivity contribution >= 4 is 11.7 Å². The van der Waals surface area contributed by atoms with Crippen LogP contribution in [0.4, 0.5) is 19.0 Å². The van der Waals surface area contributed by atoms with Crippen molar-refractivity contribution in [3.63, 3.8) is 0 Å². The molecule has 0 radical (unpaired) electrons. The quantitative estimate of drug-likeness (QED) is 0.802. The summed E-state index contributed by atoms with van der Waals surface area (Å²) in [6.07, 6.45) is 0.988. The van der Waals surface area contributed by atoms with E-state index in [9.17, 15) is 18.0 Å². The Morgan fingerprint density at radius 1 is 1.32 bits per heavy atom. The molecule has 1 amide bonds. The highest BCUT2D eigenvalue weighted by molar-refractivity contribution is 5.79. The second-order valence-corrected chi connectivity index (χ2v) is 6.62. The number of anilines is 1. The highest BCUT2D eigenvalue weighted by atomic mass is 19.4. The van der Waals surface area contributed by atoms with Crippen LogP contribution in [0.15, 0.2) is 18.3 Å². The highest BCUT2D eigenvalue weighted by Gasteiger charge is 2.32. The molecule has 4 nitrogen and oxygen atoms in total. The predicted molar refractivity (Wildman–Crippen MR) is 91.3 cm³/mol. The van der Waals surface area contributed by atoms with Crippen LogP contribution in [0.3, 0.4) is 0 Å². The van der Waals surface area contributed by atoms with Crippen molar-refractivity contribution < 1.29 is 18.0 Å². The first-order valence-corrected chi connectivity index (χ1v) is 8.93. The number of alkyl halides is 3. The molecule has 25 heavy (non-hydrogen) atoms. The Balaban J connectivity index is 1.91. The zero-order valence-corrected chi connectivity index (χ0v) is 14.8. The molecular formula is C18H26F3N3O. The molecule has 1 fully saturated rings. The van der Waals surface area contributed by atoms with E-state index in [1.165, 1.54) is 6.07 Å². The number of amides is 1. The molecular weight excluding hydrogens is 331 g/mol. The maximum atomic E-state index is 12.6. The number of nitrogens with one attached hydrogen (secondary N) is 1. The molecule has 0 aromatic carbocycles. The zero-order chi connectivity index (χ0) is 18.4. The van der Waals surface area contributed by atoms with Crippen molar-refractivity contribution in [1.29, 1.82) is 0 Å². The van der Waals surface area contributed by atoms with Gasteiger partial charge in [-0.1, -0.05) is 26.7 Å². The van der Waals surface area contributed by atoms with Crippen LogP contribution in [0.25, 0.3) is 0 Å². The maximum absolute atomic E-state index is 12.6. The lowest BCUT2D eigenvalue weighted by Crippen LogP contribution is -2.40. The average molecular weight is 357 g/mol. The number of hydrogen-bond acceptors (Lipinski definition) is 3. The predicted octanol–water partition coefficient (Wildman–Crippen LogP) is 4.01. The third-order valence-electron chi connectivity index (χ3n) is 4.58. The standard InChI is InChI=1S/C18H26F3N3O/c1-3-5-13(6-4-2)17(25)23-15-9-10-24(12-15)16-8-7-14(11-22-16)18(19,20)21/h7-8,11,13,15H,3-6,9-10,12H2,1-2H3,(H,23,25). The number of carbonyl (C=O) groups is 1. The Kier molecular flexibility index (Phi) is 6.67. The summed E-state index contributed by atoms with van der Waals surface area (Å²) in [4.78, 5) is 18.3. The summed E-state index contributed by atoms with van der Waals surface area (Å²) in [6.45, 7) is 5.40. The van der Waals surface area contributed by atoms with Crippen LogP contribution in [-0.4, -0.2) is 30.0 Å². The summed E-state index contributed by atoms with van der Waals surface area (Å²) in [6, 6.07) is 2.46. The molecule has 0 aliphatic carbocycles. The van der Waals surface area contributed by atoms with Crippen molar-refractivity contribution in [2.24, 2.45) is 5.92 Å². The van der Waals surface area contributed by atoms with Crippen LogP contribution in [-0.2, 0) is 11.0 Å². The molecule has 7 heteroatoms. The molecule has 2 rings (SSSR count). The van der Waals surface area contributed by atoms with Crippen molar-refractivity contribution in [3.05, 3.63) is 23.9 Å². The number of rotatable bonds is 7. The Morgan fingerprint density at radius 2 is 2.00 bits per heavy atom.